The number of hydrogen-bond donors (Lipinski definition) is 1. The summed E-state index contributed by atoms with van der Waals surface area (Å²) in [5.74, 6) is 0. The van der Waals surface area contributed by atoms with Crippen LogP contribution in [0.2, 0.25) is 0 Å². The molecule has 1 saturated heterocycles. The highest BCUT2D eigenvalue weighted by Gasteiger charge is 2.27. The zero-order valence-corrected chi connectivity index (χ0v) is 10.2. The number of nitrogens with one attached hydrogen (secondary N) is 1. The normalized spacial score (nSPS) is 21.6. The molecular weight excluding hydrogens is 198 g/mol. The van der Waals surface area contributed by atoms with Crippen molar-refractivity contribution in [2.45, 2.75) is 32.4 Å². The monoisotopic (exact) mass is 219 g/mol. The van der Waals surface area contributed by atoms with E-state index in [1.807, 2.05) is 12.4 Å². The molecule has 16 heavy (non-hydrogen) atoms. The smallest absolute Gasteiger partial charge is 0.0281 e. The Kier molecular flexibility index (Phi) is 3.56. The molecule has 0 unspecified atom stereocenters. The van der Waals surface area contributed by atoms with E-state index < -0.39 is 0 Å². The predicted octanol–water partition coefficient (Wildman–Crippen LogP) is 1.66. The first kappa shape index (κ1) is 11.6. The summed E-state index contributed by atoms with van der Waals surface area (Å²) in [7, 11) is 0. The van der Waals surface area contributed by atoms with Gasteiger partial charge in [0.05, 0.1) is 0 Å². The van der Waals surface area contributed by atoms with Gasteiger partial charge in [0.15, 0.2) is 0 Å². The van der Waals surface area contributed by atoms with Crippen LogP contribution in [0.25, 0.3) is 0 Å². The Morgan fingerprint density at radius 1 is 1.38 bits per heavy atom. The van der Waals surface area contributed by atoms with Crippen LogP contribution in [0.15, 0.2) is 24.5 Å². The summed E-state index contributed by atoms with van der Waals surface area (Å²) < 4.78 is 0. The van der Waals surface area contributed by atoms with E-state index in [9.17, 15) is 0 Å². The standard InChI is InChI=1S/C13H21N3/c1-13(2)11-15-6-3-9-16(13)10-12-4-7-14-8-5-12/h4-5,7-8,15H,3,6,9-11H2,1-2H3. The van der Waals surface area contributed by atoms with Gasteiger partial charge in [0.2, 0.25) is 0 Å². The minimum absolute atomic E-state index is 0.236. The molecule has 3 nitrogen and oxygen atoms in total. The lowest BCUT2D eigenvalue weighted by Crippen LogP contribution is -2.47. The lowest BCUT2D eigenvalue weighted by Gasteiger charge is -2.36. The molecule has 1 fully saturated rings. The van der Waals surface area contributed by atoms with Crippen molar-refractivity contribution >= 4 is 0 Å². The predicted molar refractivity (Wildman–Crippen MR) is 66.2 cm³/mol. The molecule has 0 atom stereocenters. The van der Waals surface area contributed by atoms with Crippen molar-refractivity contribution in [3.05, 3.63) is 30.1 Å². The van der Waals surface area contributed by atoms with E-state index in [-0.39, 0.29) is 5.54 Å². The molecule has 1 aromatic rings. The second-order valence-corrected chi connectivity index (χ2v) is 5.12. The Morgan fingerprint density at radius 2 is 2.12 bits per heavy atom. The second-order valence-electron chi connectivity index (χ2n) is 5.12. The first-order valence-electron chi connectivity index (χ1n) is 6.03. The highest BCUT2D eigenvalue weighted by Crippen LogP contribution is 2.19. The SMILES string of the molecule is CC1(C)CNCCCN1Cc1ccncc1. The summed E-state index contributed by atoms with van der Waals surface area (Å²) in [6.07, 6.45) is 4.98. The molecule has 0 amide bonds. The molecule has 1 aliphatic heterocycles. The maximum absolute atomic E-state index is 4.06. The second kappa shape index (κ2) is 4.93. The fraction of sp³-hybridized carbons (Fsp3) is 0.615. The van der Waals surface area contributed by atoms with Crippen molar-refractivity contribution in [3.8, 4) is 0 Å². The molecule has 88 valence electrons. The average Bonchev–Trinajstić information content (AvgIpc) is 2.43. The molecule has 0 aromatic carbocycles. The molecule has 0 spiro atoms. The van der Waals surface area contributed by atoms with E-state index in [2.05, 4.69) is 41.2 Å². The highest BCUT2D eigenvalue weighted by molar-refractivity contribution is 5.10. The third-order valence-corrected chi connectivity index (χ3v) is 3.32. The molecular formula is C13H21N3. The van der Waals surface area contributed by atoms with Crippen LogP contribution in [0.3, 0.4) is 0 Å². The Bertz CT molecular complexity index is 321. The van der Waals surface area contributed by atoms with Crippen molar-refractivity contribution in [2.75, 3.05) is 19.6 Å². The van der Waals surface area contributed by atoms with Crippen LogP contribution in [0.1, 0.15) is 25.8 Å². The average molecular weight is 219 g/mol. The van der Waals surface area contributed by atoms with Gasteiger partial charge in [0.25, 0.3) is 0 Å². The first-order valence-corrected chi connectivity index (χ1v) is 6.03. The van der Waals surface area contributed by atoms with Crippen LogP contribution >= 0.6 is 0 Å². The Morgan fingerprint density at radius 3 is 2.88 bits per heavy atom. The van der Waals surface area contributed by atoms with E-state index in [4.69, 9.17) is 0 Å². The molecule has 0 saturated carbocycles. The Balaban J connectivity index is 2.07. The van der Waals surface area contributed by atoms with Gasteiger partial charge < -0.3 is 5.32 Å². The van der Waals surface area contributed by atoms with Crippen LogP contribution in [0.5, 0.6) is 0 Å². The van der Waals surface area contributed by atoms with Gasteiger partial charge in [0, 0.05) is 37.6 Å². The zero-order chi connectivity index (χ0) is 11.4. The molecule has 1 aromatic heterocycles. The molecule has 3 heteroatoms. The van der Waals surface area contributed by atoms with Crippen LogP contribution in [0, 0.1) is 0 Å². The van der Waals surface area contributed by atoms with E-state index in [0.29, 0.717) is 0 Å². The van der Waals surface area contributed by atoms with Crippen molar-refractivity contribution in [2.24, 2.45) is 0 Å². The number of pyridine rings is 1. The van der Waals surface area contributed by atoms with Gasteiger partial charge in [-0.25, -0.2) is 0 Å². The van der Waals surface area contributed by atoms with Crippen LogP contribution in [0.4, 0.5) is 0 Å². The molecule has 1 N–H and O–H groups in total. The van der Waals surface area contributed by atoms with E-state index >= 15 is 0 Å². The van der Waals surface area contributed by atoms with E-state index in [1.54, 1.807) is 0 Å². The van der Waals surface area contributed by atoms with Gasteiger partial charge in [-0.05, 0) is 44.5 Å². The summed E-state index contributed by atoms with van der Waals surface area (Å²) in [6, 6.07) is 4.21. The highest BCUT2D eigenvalue weighted by atomic mass is 15.2. The Labute approximate surface area is 97.9 Å². The third kappa shape index (κ3) is 2.80. The largest absolute Gasteiger partial charge is 0.315 e. The molecule has 0 radical (unpaired) electrons. The van der Waals surface area contributed by atoms with Gasteiger partial charge in [-0.15, -0.1) is 0 Å². The lowest BCUT2D eigenvalue weighted by atomic mass is 10.0. The van der Waals surface area contributed by atoms with Gasteiger partial charge in [-0.2, -0.15) is 0 Å². The maximum Gasteiger partial charge on any atom is 0.0281 e. The van der Waals surface area contributed by atoms with Gasteiger partial charge in [-0.1, -0.05) is 0 Å². The summed E-state index contributed by atoms with van der Waals surface area (Å²) in [5.41, 5.74) is 1.59. The number of aromatic nitrogens is 1. The fourth-order valence-corrected chi connectivity index (χ4v) is 2.21. The van der Waals surface area contributed by atoms with Gasteiger partial charge in [0.1, 0.15) is 0 Å². The topological polar surface area (TPSA) is 28.2 Å². The minimum Gasteiger partial charge on any atom is -0.315 e. The summed E-state index contributed by atoms with van der Waals surface area (Å²) in [6.45, 7) is 9.02. The third-order valence-electron chi connectivity index (χ3n) is 3.32. The van der Waals surface area contributed by atoms with E-state index in [1.165, 1.54) is 18.5 Å². The molecule has 2 heterocycles. The molecule has 1 aliphatic rings. The molecule has 2 rings (SSSR count). The van der Waals surface area contributed by atoms with Crippen LogP contribution in [-0.4, -0.2) is 35.1 Å². The van der Waals surface area contributed by atoms with Gasteiger partial charge >= 0.3 is 0 Å². The first-order chi connectivity index (χ1) is 7.68. The van der Waals surface area contributed by atoms with Gasteiger partial charge in [-0.3, -0.25) is 9.88 Å². The van der Waals surface area contributed by atoms with E-state index in [0.717, 1.165) is 19.6 Å². The summed E-state index contributed by atoms with van der Waals surface area (Å²) in [5, 5.41) is 3.50. The number of nitrogens with zero attached hydrogens (tertiary/aromatic N) is 2. The van der Waals surface area contributed by atoms with Crippen LogP contribution in [-0.2, 0) is 6.54 Å². The zero-order valence-electron chi connectivity index (χ0n) is 10.2. The number of rotatable bonds is 2. The Hall–Kier alpha value is -0.930. The fourth-order valence-electron chi connectivity index (χ4n) is 2.21. The number of hydrogen-bond acceptors (Lipinski definition) is 3. The maximum atomic E-state index is 4.06. The van der Waals surface area contributed by atoms with Crippen LogP contribution < -0.4 is 5.32 Å². The quantitative estimate of drug-likeness (QED) is 0.820. The summed E-state index contributed by atoms with van der Waals surface area (Å²) >= 11 is 0. The molecule has 0 aliphatic carbocycles. The van der Waals surface area contributed by atoms with Crippen molar-refractivity contribution in [1.29, 1.82) is 0 Å². The summed E-state index contributed by atoms with van der Waals surface area (Å²) in [4.78, 5) is 6.62. The van der Waals surface area contributed by atoms with Crippen molar-refractivity contribution in [1.82, 2.24) is 15.2 Å². The van der Waals surface area contributed by atoms with Crippen molar-refractivity contribution < 1.29 is 0 Å². The van der Waals surface area contributed by atoms with Crippen molar-refractivity contribution in [3.63, 3.8) is 0 Å². The lowest BCUT2D eigenvalue weighted by molar-refractivity contribution is 0.125. The minimum atomic E-state index is 0.236. The molecule has 0 bridgehead atoms.